The number of hydrogen-bond acceptors (Lipinski definition) is 3. The van der Waals surface area contributed by atoms with Crippen LogP contribution < -0.4 is 10.6 Å². The summed E-state index contributed by atoms with van der Waals surface area (Å²) in [5, 5.41) is 6.67. The van der Waals surface area contributed by atoms with Gasteiger partial charge >= 0.3 is 0 Å². The highest BCUT2D eigenvalue weighted by Gasteiger charge is 2.27. The second-order valence-electron chi connectivity index (χ2n) is 3.00. The summed E-state index contributed by atoms with van der Waals surface area (Å²) < 4.78 is 5.49. The molecular formula is C7H15ClN2O. The molecule has 2 aliphatic heterocycles. The number of nitrogens with one attached hydrogen (secondary N) is 2. The first-order chi connectivity index (χ1) is 4.97. The van der Waals surface area contributed by atoms with Crippen LogP contribution in [0.15, 0.2) is 0 Å². The normalized spacial score (nSPS) is 37.1. The van der Waals surface area contributed by atoms with Crippen molar-refractivity contribution in [1.82, 2.24) is 10.6 Å². The first-order valence-corrected chi connectivity index (χ1v) is 4.02. The molecule has 3 nitrogen and oxygen atoms in total. The van der Waals surface area contributed by atoms with E-state index in [0.29, 0.717) is 12.1 Å². The number of ether oxygens (including phenoxy) is 1. The molecule has 2 N–H and O–H groups in total. The number of rotatable bonds is 1. The lowest BCUT2D eigenvalue weighted by molar-refractivity contribution is 0.0590. The van der Waals surface area contributed by atoms with Gasteiger partial charge in [-0.25, -0.2) is 0 Å². The van der Waals surface area contributed by atoms with Crippen LogP contribution >= 0.6 is 12.4 Å². The Balaban J connectivity index is 0.000000605. The Morgan fingerprint density at radius 1 is 1.27 bits per heavy atom. The van der Waals surface area contributed by atoms with Gasteiger partial charge in [0.25, 0.3) is 0 Å². The molecular weight excluding hydrogens is 164 g/mol. The Hall–Kier alpha value is 0.170. The lowest BCUT2D eigenvalue weighted by Crippen LogP contribution is -2.32. The van der Waals surface area contributed by atoms with Crippen LogP contribution in [0.5, 0.6) is 0 Å². The average Bonchev–Trinajstić information content (AvgIpc) is 2.59. The van der Waals surface area contributed by atoms with Gasteiger partial charge < -0.3 is 10.1 Å². The highest BCUT2D eigenvalue weighted by molar-refractivity contribution is 5.85. The number of hydrogen-bond donors (Lipinski definition) is 2. The maximum Gasteiger partial charge on any atom is 0.112 e. The molecule has 4 heteroatoms. The molecule has 0 aromatic rings. The highest BCUT2D eigenvalue weighted by atomic mass is 35.5. The molecule has 0 bridgehead atoms. The van der Waals surface area contributed by atoms with E-state index < -0.39 is 0 Å². The van der Waals surface area contributed by atoms with E-state index in [1.807, 2.05) is 0 Å². The molecule has 2 fully saturated rings. The summed E-state index contributed by atoms with van der Waals surface area (Å²) in [7, 11) is 0. The molecule has 0 aliphatic carbocycles. The van der Waals surface area contributed by atoms with Crippen LogP contribution in [0, 0.1) is 5.92 Å². The van der Waals surface area contributed by atoms with Gasteiger partial charge in [-0.3, -0.25) is 5.32 Å². The third-order valence-electron chi connectivity index (χ3n) is 2.27. The number of halogens is 1. The van der Waals surface area contributed by atoms with Crippen LogP contribution in [0.1, 0.15) is 6.42 Å². The van der Waals surface area contributed by atoms with Crippen LogP contribution in [0.4, 0.5) is 0 Å². The Morgan fingerprint density at radius 3 is 2.73 bits per heavy atom. The van der Waals surface area contributed by atoms with E-state index in [0.717, 1.165) is 26.2 Å². The van der Waals surface area contributed by atoms with Crippen molar-refractivity contribution in [2.24, 2.45) is 5.92 Å². The van der Waals surface area contributed by atoms with Crippen molar-refractivity contribution in [2.75, 3.05) is 26.2 Å². The van der Waals surface area contributed by atoms with Gasteiger partial charge in [-0.05, 0) is 13.0 Å². The van der Waals surface area contributed by atoms with Crippen molar-refractivity contribution < 1.29 is 4.74 Å². The maximum absolute atomic E-state index is 5.49. The minimum Gasteiger partial charge on any atom is -0.362 e. The third kappa shape index (κ3) is 2.06. The molecule has 11 heavy (non-hydrogen) atoms. The van der Waals surface area contributed by atoms with Gasteiger partial charge in [0.05, 0.1) is 6.61 Å². The van der Waals surface area contributed by atoms with E-state index >= 15 is 0 Å². The quantitative estimate of drug-likeness (QED) is 0.592. The van der Waals surface area contributed by atoms with Crippen molar-refractivity contribution >= 4 is 12.4 Å². The van der Waals surface area contributed by atoms with Gasteiger partial charge in [-0.15, -0.1) is 12.4 Å². The fourth-order valence-electron chi connectivity index (χ4n) is 1.68. The zero-order valence-corrected chi connectivity index (χ0v) is 7.32. The monoisotopic (exact) mass is 178 g/mol. The van der Waals surface area contributed by atoms with E-state index in [9.17, 15) is 0 Å². The minimum atomic E-state index is 0. The smallest absolute Gasteiger partial charge is 0.112 e. The molecule has 0 radical (unpaired) electrons. The molecule has 2 atom stereocenters. The molecule has 2 heterocycles. The molecule has 2 unspecified atom stereocenters. The van der Waals surface area contributed by atoms with Crippen molar-refractivity contribution in [2.45, 2.75) is 12.6 Å². The van der Waals surface area contributed by atoms with Crippen LogP contribution in [0.2, 0.25) is 0 Å². The predicted octanol–water partition coefficient (Wildman–Crippen LogP) is -0.0364. The summed E-state index contributed by atoms with van der Waals surface area (Å²) >= 11 is 0. The lowest BCUT2D eigenvalue weighted by atomic mass is 10.1. The van der Waals surface area contributed by atoms with Crippen LogP contribution in [-0.2, 0) is 4.74 Å². The summed E-state index contributed by atoms with van der Waals surface area (Å²) in [5.41, 5.74) is 0. The summed E-state index contributed by atoms with van der Waals surface area (Å²) in [5.74, 6) is 0.711. The van der Waals surface area contributed by atoms with E-state index in [1.165, 1.54) is 6.42 Å². The summed E-state index contributed by atoms with van der Waals surface area (Å²) in [4.78, 5) is 0. The fourth-order valence-corrected chi connectivity index (χ4v) is 1.68. The second kappa shape index (κ2) is 4.26. The second-order valence-corrected chi connectivity index (χ2v) is 3.00. The molecule has 2 aliphatic rings. The van der Waals surface area contributed by atoms with Gasteiger partial charge in [0.15, 0.2) is 0 Å². The van der Waals surface area contributed by atoms with Crippen molar-refractivity contribution in [3.05, 3.63) is 0 Å². The molecule has 0 saturated carbocycles. The third-order valence-corrected chi connectivity index (χ3v) is 2.27. The van der Waals surface area contributed by atoms with E-state index in [1.54, 1.807) is 0 Å². The van der Waals surface area contributed by atoms with Gasteiger partial charge in [-0.1, -0.05) is 0 Å². The summed E-state index contributed by atoms with van der Waals surface area (Å²) in [6, 6.07) is 0. The van der Waals surface area contributed by atoms with Gasteiger partial charge in [0.1, 0.15) is 6.23 Å². The van der Waals surface area contributed by atoms with E-state index in [-0.39, 0.29) is 12.4 Å². The minimum absolute atomic E-state index is 0. The lowest BCUT2D eigenvalue weighted by Gasteiger charge is -2.15. The zero-order valence-electron chi connectivity index (χ0n) is 6.51. The SMILES string of the molecule is C1CC(C2NCCO2)CN1.Cl. The molecule has 0 aromatic heterocycles. The Kier molecular flexibility index (Phi) is 3.59. The average molecular weight is 179 g/mol. The maximum atomic E-state index is 5.49. The van der Waals surface area contributed by atoms with Crippen LogP contribution in [-0.4, -0.2) is 32.5 Å². The molecule has 2 saturated heterocycles. The van der Waals surface area contributed by atoms with Crippen LogP contribution in [0.25, 0.3) is 0 Å². The van der Waals surface area contributed by atoms with Crippen molar-refractivity contribution in [3.8, 4) is 0 Å². The highest BCUT2D eigenvalue weighted by Crippen LogP contribution is 2.15. The topological polar surface area (TPSA) is 33.3 Å². The zero-order chi connectivity index (χ0) is 6.81. The van der Waals surface area contributed by atoms with Gasteiger partial charge in [0, 0.05) is 19.0 Å². The van der Waals surface area contributed by atoms with E-state index in [4.69, 9.17) is 4.74 Å². The predicted molar refractivity (Wildman–Crippen MR) is 46.0 cm³/mol. The summed E-state index contributed by atoms with van der Waals surface area (Å²) in [6.45, 7) is 4.20. The fraction of sp³-hybridized carbons (Fsp3) is 1.00. The molecule has 66 valence electrons. The first-order valence-electron chi connectivity index (χ1n) is 4.02. The largest absolute Gasteiger partial charge is 0.362 e. The summed E-state index contributed by atoms with van der Waals surface area (Å²) in [6.07, 6.45) is 1.60. The van der Waals surface area contributed by atoms with Crippen molar-refractivity contribution in [3.63, 3.8) is 0 Å². The molecule has 0 amide bonds. The standard InChI is InChI=1S/C7H14N2O.ClH/c1-2-8-5-6(1)7-9-3-4-10-7;/h6-9H,1-5H2;1H. The molecule has 0 aromatic carbocycles. The van der Waals surface area contributed by atoms with Crippen molar-refractivity contribution in [1.29, 1.82) is 0 Å². The first kappa shape index (κ1) is 9.26. The van der Waals surface area contributed by atoms with Gasteiger partial charge in [0.2, 0.25) is 0 Å². The Morgan fingerprint density at radius 2 is 2.18 bits per heavy atom. The molecule has 0 spiro atoms. The Bertz CT molecular complexity index is 97.0. The Labute approximate surface area is 73.3 Å². The van der Waals surface area contributed by atoms with Crippen LogP contribution in [0.3, 0.4) is 0 Å². The van der Waals surface area contributed by atoms with E-state index in [2.05, 4.69) is 10.6 Å². The van der Waals surface area contributed by atoms with Gasteiger partial charge in [-0.2, -0.15) is 0 Å². The molecule has 2 rings (SSSR count).